The number of phosphoric acid groups is 1. The molecule has 0 amide bonds. The van der Waals surface area contributed by atoms with E-state index < -0.39 is 13.8 Å². The molecule has 0 heterocycles. The van der Waals surface area contributed by atoms with Gasteiger partial charge in [0.05, 0.1) is 20.3 Å². The van der Waals surface area contributed by atoms with Crippen LogP contribution in [-0.2, 0) is 27.8 Å². The number of carbonyl (C=O) groups excluding carboxylic acids is 1. The quantitative estimate of drug-likeness (QED) is 0.317. The molecule has 21 heavy (non-hydrogen) atoms. The van der Waals surface area contributed by atoms with Gasteiger partial charge in [0.1, 0.15) is 0 Å². The molecule has 7 nitrogen and oxygen atoms in total. The van der Waals surface area contributed by atoms with Crippen LogP contribution in [-0.4, -0.2) is 32.0 Å². The van der Waals surface area contributed by atoms with Crippen LogP contribution in [0.1, 0.15) is 19.4 Å². The smallest absolute Gasteiger partial charge is 0.464 e. The number of phosphoric ester groups is 1. The number of methoxy groups -OCH3 is 1. The average molecular weight is 315 g/mol. The minimum absolute atomic E-state index is 0.117. The fourth-order valence-electron chi connectivity index (χ4n) is 1.39. The normalized spacial score (nSPS) is 12.0. The highest BCUT2D eigenvalue weighted by Crippen LogP contribution is 2.49. The van der Waals surface area contributed by atoms with Crippen LogP contribution in [0.5, 0.6) is 0 Å². The number of rotatable bonds is 8. The molecule has 0 saturated carbocycles. The van der Waals surface area contributed by atoms with Crippen LogP contribution in [0.15, 0.2) is 35.5 Å². The first kappa shape index (κ1) is 17.4. The van der Waals surface area contributed by atoms with Gasteiger partial charge >= 0.3 is 13.8 Å². The Morgan fingerprint density at radius 2 is 1.71 bits per heavy atom. The molecule has 0 unspecified atom stereocenters. The summed E-state index contributed by atoms with van der Waals surface area (Å²) in [5.41, 5.74) is 0.335. The summed E-state index contributed by atoms with van der Waals surface area (Å²) in [6, 6.07) is 8.51. The molecule has 116 valence electrons. The molecular weight excluding hydrogens is 297 g/mol. The van der Waals surface area contributed by atoms with Crippen LogP contribution in [0.25, 0.3) is 0 Å². The van der Waals surface area contributed by atoms with Crippen molar-refractivity contribution in [1.82, 2.24) is 0 Å². The summed E-state index contributed by atoms with van der Waals surface area (Å²) in [5, 5.41) is 3.60. The number of hydrogen-bond donors (Lipinski definition) is 0. The van der Waals surface area contributed by atoms with E-state index in [-0.39, 0.29) is 18.9 Å². The molecule has 0 aliphatic carbocycles. The average Bonchev–Trinajstić information content (AvgIpc) is 2.48. The number of oxime groups is 1. The Kier molecular flexibility index (Phi) is 7.08. The first-order valence-electron chi connectivity index (χ1n) is 6.36. The highest BCUT2D eigenvalue weighted by atomic mass is 31.2. The van der Waals surface area contributed by atoms with E-state index in [1.54, 1.807) is 44.2 Å². The van der Waals surface area contributed by atoms with Gasteiger partial charge in [-0.3, -0.25) is 13.7 Å². The van der Waals surface area contributed by atoms with E-state index in [0.717, 1.165) is 0 Å². The minimum Gasteiger partial charge on any atom is -0.464 e. The molecule has 1 aromatic carbocycles. The lowest BCUT2D eigenvalue weighted by Crippen LogP contribution is -2.17. The van der Waals surface area contributed by atoms with Crippen molar-refractivity contribution in [3.8, 4) is 0 Å². The van der Waals surface area contributed by atoms with Crippen molar-refractivity contribution in [3.63, 3.8) is 0 Å². The third kappa shape index (κ3) is 5.30. The highest BCUT2D eigenvalue weighted by Gasteiger charge is 2.28. The summed E-state index contributed by atoms with van der Waals surface area (Å²) >= 11 is 0. The van der Waals surface area contributed by atoms with E-state index in [1.807, 2.05) is 0 Å². The minimum atomic E-state index is -3.84. The molecular formula is C13H18NO6P. The molecule has 0 radical (unpaired) electrons. The van der Waals surface area contributed by atoms with Gasteiger partial charge < -0.3 is 4.74 Å². The summed E-state index contributed by atoms with van der Waals surface area (Å²) < 4.78 is 31.5. The fourth-order valence-corrected chi connectivity index (χ4v) is 2.37. The molecule has 0 atom stereocenters. The Morgan fingerprint density at radius 1 is 1.14 bits per heavy atom. The van der Waals surface area contributed by atoms with Crippen molar-refractivity contribution in [2.45, 2.75) is 13.8 Å². The van der Waals surface area contributed by atoms with Crippen molar-refractivity contribution in [3.05, 3.63) is 35.9 Å². The molecule has 0 fully saturated rings. The zero-order valence-electron chi connectivity index (χ0n) is 12.1. The van der Waals surface area contributed by atoms with Crippen molar-refractivity contribution in [2.24, 2.45) is 5.16 Å². The van der Waals surface area contributed by atoms with Crippen molar-refractivity contribution >= 4 is 19.5 Å². The lowest BCUT2D eigenvalue weighted by molar-refractivity contribution is -0.132. The molecule has 1 rings (SSSR count). The second kappa shape index (κ2) is 8.56. The van der Waals surface area contributed by atoms with E-state index in [0.29, 0.717) is 5.56 Å². The third-order valence-corrected chi connectivity index (χ3v) is 3.66. The second-order valence-corrected chi connectivity index (χ2v) is 5.24. The van der Waals surface area contributed by atoms with Crippen LogP contribution in [0.4, 0.5) is 0 Å². The summed E-state index contributed by atoms with van der Waals surface area (Å²) in [6.45, 7) is 3.51. The topological polar surface area (TPSA) is 83.4 Å². The maximum absolute atomic E-state index is 12.1. The number of nitrogens with zero attached hydrogens (tertiary/aromatic N) is 1. The van der Waals surface area contributed by atoms with Gasteiger partial charge in [0.15, 0.2) is 5.71 Å². The molecule has 0 aliphatic heterocycles. The number of benzene rings is 1. The Balaban J connectivity index is 3.04. The van der Waals surface area contributed by atoms with Gasteiger partial charge in [0, 0.05) is 5.56 Å². The highest BCUT2D eigenvalue weighted by molar-refractivity contribution is 7.48. The van der Waals surface area contributed by atoms with Gasteiger partial charge in [-0.2, -0.15) is 0 Å². The monoisotopic (exact) mass is 315 g/mol. The molecule has 0 aliphatic rings. The Hall–Kier alpha value is -1.69. The van der Waals surface area contributed by atoms with Crippen molar-refractivity contribution < 1.29 is 27.8 Å². The van der Waals surface area contributed by atoms with E-state index >= 15 is 0 Å². The SMILES string of the molecule is CCOP(=O)(OCC)ON=C(C(=O)OC)c1ccccc1. The first-order valence-corrected chi connectivity index (χ1v) is 7.82. The number of carbonyl (C=O) groups is 1. The van der Waals surface area contributed by atoms with Crippen LogP contribution in [0.2, 0.25) is 0 Å². The van der Waals surface area contributed by atoms with Crippen LogP contribution < -0.4 is 0 Å². The maximum Gasteiger partial charge on any atom is 0.550 e. The number of ether oxygens (including phenoxy) is 1. The predicted molar refractivity (Wildman–Crippen MR) is 76.9 cm³/mol. The molecule has 0 N–H and O–H groups in total. The van der Waals surface area contributed by atoms with E-state index in [9.17, 15) is 9.36 Å². The molecule has 0 bridgehead atoms. The number of hydrogen-bond acceptors (Lipinski definition) is 7. The number of esters is 1. The summed E-state index contributed by atoms with van der Waals surface area (Å²) in [6.07, 6.45) is 0. The van der Waals surface area contributed by atoms with Crippen LogP contribution in [0.3, 0.4) is 0 Å². The Morgan fingerprint density at radius 3 is 2.19 bits per heavy atom. The zero-order valence-corrected chi connectivity index (χ0v) is 13.0. The molecule has 1 aromatic rings. The maximum atomic E-state index is 12.1. The lowest BCUT2D eigenvalue weighted by Gasteiger charge is -2.13. The largest absolute Gasteiger partial charge is 0.550 e. The van der Waals surface area contributed by atoms with Gasteiger partial charge in [-0.25, -0.2) is 9.36 Å². The summed E-state index contributed by atoms with van der Waals surface area (Å²) in [5.74, 6) is -0.722. The van der Waals surface area contributed by atoms with Crippen molar-refractivity contribution in [1.29, 1.82) is 0 Å². The van der Waals surface area contributed by atoms with Crippen LogP contribution in [0, 0.1) is 0 Å². The Labute approximate surface area is 123 Å². The fraction of sp³-hybridized carbons (Fsp3) is 0.385. The van der Waals surface area contributed by atoms with E-state index in [2.05, 4.69) is 9.89 Å². The van der Waals surface area contributed by atoms with Gasteiger partial charge in [-0.05, 0) is 13.8 Å². The molecule has 0 aromatic heterocycles. The van der Waals surface area contributed by atoms with E-state index in [1.165, 1.54) is 7.11 Å². The molecule has 8 heteroatoms. The molecule has 0 saturated heterocycles. The van der Waals surface area contributed by atoms with E-state index in [4.69, 9.17) is 13.7 Å². The zero-order chi connectivity index (χ0) is 15.7. The standard InChI is InChI=1S/C13H18NO6P/c1-4-18-21(16,19-5-2)20-14-12(13(15)17-3)11-9-7-6-8-10-11/h6-10H,4-5H2,1-3H3. The van der Waals surface area contributed by atoms with Gasteiger partial charge in [-0.1, -0.05) is 35.5 Å². The predicted octanol–water partition coefficient (Wildman–Crippen LogP) is 2.76. The summed E-state index contributed by atoms with van der Waals surface area (Å²) in [7, 11) is -2.63. The third-order valence-electron chi connectivity index (χ3n) is 2.23. The summed E-state index contributed by atoms with van der Waals surface area (Å²) in [4.78, 5) is 11.7. The first-order chi connectivity index (χ1) is 10.1. The Bertz CT molecular complexity index is 521. The van der Waals surface area contributed by atoms with Crippen molar-refractivity contribution in [2.75, 3.05) is 20.3 Å². The molecule has 0 spiro atoms. The van der Waals surface area contributed by atoms with Crippen LogP contribution >= 0.6 is 7.82 Å². The lowest BCUT2D eigenvalue weighted by atomic mass is 10.1. The second-order valence-electron chi connectivity index (χ2n) is 3.66. The van der Waals surface area contributed by atoms with Gasteiger partial charge in [0.2, 0.25) is 0 Å². The van der Waals surface area contributed by atoms with Gasteiger partial charge in [-0.15, -0.1) is 0 Å². The van der Waals surface area contributed by atoms with Gasteiger partial charge in [0.25, 0.3) is 0 Å².